The number of nitrogens with zero attached hydrogens (tertiary/aromatic N) is 1. The third-order valence-corrected chi connectivity index (χ3v) is 5.40. The molecule has 1 aliphatic heterocycles. The van der Waals surface area contributed by atoms with Gasteiger partial charge in [-0.25, -0.2) is 0 Å². The van der Waals surface area contributed by atoms with Crippen LogP contribution in [0.15, 0.2) is 54.6 Å². The number of anilines is 1. The monoisotopic (exact) mass is 334 g/mol. The summed E-state index contributed by atoms with van der Waals surface area (Å²) in [5.41, 5.74) is 3.50. The van der Waals surface area contributed by atoms with E-state index in [0.717, 1.165) is 18.7 Å². The number of nitrogens with one attached hydrogen (secondary N) is 1. The van der Waals surface area contributed by atoms with Crippen LogP contribution in [0.3, 0.4) is 0 Å². The van der Waals surface area contributed by atoms with Crippen molar-refractivity contribution in [3.8, 4) is 0 Å². The van der Waals surface area contributed by atoms with Gasteiger partial charge in [-0.15, -0.1) is 0 Å². The fourth-order valence-corrected chi connectivity index (χ4v) is 3.91. The van der Waals surface area contributed by atoms with Crippen molar-refractivity contribution in [1.82, 2.24) is 4.90 Å². The van der Waals surface area contributed by atoms with Crippen LogP contribution in [-0.4, -0.2) is 23.9 Å². The molecular formula is C22H26N2O. The van der Waals surface area contributed by atoms with Gasteiger partial charge in [0.2, 0.25) is 5.91 Å². The smallest absolute Gasteiger partial charge is 0.228 e. The highest BCUT2D eigenvalue weighted by atomic mass is 16.2. The van der Waals surface area contributed by atoms with Crippen LogP contribution in [0.5, 0.6) is 0 Å². The molecule has 0 bridgehead atoms. The van der Waals surface area contributed by atoms with E-state index in [1.54, 1.807) is 0 Å². The molecule has 2 aliphatic rings. The molecule has 25 heavy (non-hydrogen) atoms. The van der Waals surface area contributed by atoms with Crippen molar-refractivity contribution < 1.29 is 4.79 Å². The average Bonchev–Trinajstić information content (AvgIpc) is 3.45. The van der Waals surface area contributed by atoms with E-state index in [-0.39, 0.29) is 11.8 Å². The van der Waals surface area contributed by atoms with Crippen molar-refractivity contribution in [2.24, 2.45) is 5.92 Å². The van der Waals surface area contributed by atoms with Gasteiger partial charge in [0.25, 0.3) is 0 Å². The maximum atomic E-state index is 12.5. The topological polar surface area (TPSA) is 32.3 Å². The van der Waals surface area contributed by atoms with Crippen molar-refractivity contribution in [2.75, 3.05) is 18.4 Å². The first-order chi connectivity index (χ1) is 12.3. The molecule has 1 saturated heterocycles. The van der Waals surface area contributed by atoms with Crippen LogP contribution in [0, 0.1) is 5.92 Å². The second-order valence-corrected chi connectivity index (χ2v) is 7.39. The summed E-state index contributed by atoms with van der Waals surface area (Å²) in [7, 11) is 0. The summed E-state index contributed by atoms with van der Waals surface area (Å²) in [6.45, 7) is 3.37. The van der Waals surface area contributed by atoms with Gasteiger partial charge in [0, 0.05) is 18.2 Å². The Hall–Kier alpha value is -2.13. The predicted molar refractivity (Wildman–Crippen MR) is 101 cm³/mol. The average molecular weight is 334 g/mol. The van der Waals surface area contributed by atoms with E-state index < -0.39 is 0 Å². The summed E-state index contributed by atoms with van der Waals surface area (Å²) < 4.78 is 0. The number of hydrogen-bond acceptors (Lipinski definition) is 2. The Morgan fingerprint density at radius 1 is 1.00 bits per heavy atom. The summed E-state index contributed by atoms with van der Waals surface area (Å²) in [5, 5.41) is 3.12. The van der Waals surface area contributed by atoms with Gasteiger partial charge in [-0.1, -0.05) is 48.9 Å². The quantitative estimate of drug-likeness (QED) is 0.878. The molecule has 1 heterocycles. The summed E-state index contributed by atoms with van der Waals surface area (Å²) in [5.74, 6) is 0.662. The van der Waals surface area contributed by atoms with Gasteiger partial charge in [0.15, 0.2) is 0 Å². The van der Waals surface area contributed by atoms with Crippen LogP contribution >= 0.6 is 0 Å². The van der Waals surface area contributed by atoms with E-state index in [9.17, 15) is 4.79 Å². The Morgan fingerprint density at radius 3 is 2.60 bits per heavy atom. The number of piperidine rings is 1. The first kappa shape index (κ1) is 16.3. The summed E-state index contributed by atoms with van der Waals surface area (Å²) in [4.78, 5) is 15.0. The van der Waals surface area contributed by atoms with Gasteiger partial charge >= 0.3 is 0 Å². The zero-order valence-corrected chi connectivity index (χ0v) is 14.7. The molecule has 2 fully saturated rings. The predicted octanol–water partition coefficient (Wildman–Crippen LogP) is 4.41. The van der Waals surface area contributed by atoms with Crippen molar-refractivity contribution >= 4 is 11.6 Å². The zero-order valence-electron chi connectivity index (χ0n) is 14.7. The Bertz CT molecular complexity index is 722. The molecule has 2 unspecified atom stereocenters. The number of benzene rings is 2. The van der Waals surface area contributed by atoms with E-state index in [1.807, 2.05) is 24.3 Å². The van der Waals surface area contributed by atoms with E-state index in [0.29, 0.717) is 5.92 Å². The van der Waals surface area contributed by atoms with Crippen molar-refractivity contribution in [3.63, 3.8) is 0 Å². The number of rotatable bonds is 5. The minimum absolute atomic E-state index is 0.119. The first-order valence-electron chi connectivity index (χ1n) is 9.47. The van der Waals surface area contributed by atoms with Crippen LogP contribution in [0.25, 0.3) is 0 Å². The van der Waals surface area contributed by atoms with Crippen molar-refractivity contribution in [1.29, 1.82) is 0 Å². The Kier molecular flexibility index (Phi) is 4.84. The standard InChI is InChI=1S/C22H26N2O/c25-22(21-15-20(21)18-9-3-1-4-10-18)23-19-11-7-8-17(14-19)16-24-12-5-2-6-13-24/h1,3-4,7-11,14,20-21H,2,5-6,12-13,15-16H2,(H,23,25). The van der Waals surface area contributed by atoms with Crippen molar-refractivity contribution in [2.45, 2.75) is 38.1 Å². The van der Waals surface area contributed by atoms with Crippen LogP contribution in [-0.2, 0) is 11.3 Å². The molecule has 4 rings (SSSR count). The van der Waals surface area contributed by atoms with Crippen LogP contribution in [0.2, 0.25) is 0 Å². The second kappa shape index (κ2) is 7.40. The van der Waals surface area contributed by atoms with Gasteiger partial charge in [0.05, 0.1) is 0 Å². The fraction of sp³-hybridized carbons (Fsp3) is 0.409. The molecule has 2 aromatic carbocycles. The Morgan fingerprint density at radius 2 is 1.80 bits per heavy atom. The van der Waals surface area contributed by atoms with Gasteiger partial charge < -0.3 is 5.32 Å². The lowest BCUT2D eigenvalue weighted by atomic mass is 10.1. The van der Waals surface area contributed by atoms with Gasteiger partial charge in [0.1, 0.15) is 0 Å². The first-order valence-corrected chi connectivity index (χ1v) is 9.47. The Balaban J connectivity index is 1.35. The number of amides is 1. The molecule has 1 aliphatic carbocycles. The molecule has 0 aromatic heterocycles. The van der Waals surface area contributed by atoms with Crippen LogP contribution < -0.4 is 5.32 Å². The van der Waals surface area contributed by atoms with E-state index in [1.165, 1.54) is 43.5 Å². The van der Waals surface area contributed by atoms with E-state index >= 15 is 0 Å². The van der Waals surface area contributed by atoms with Gasteiger partial charge in [-0.05, 0) is 61.5 Å². The molecule has 0 radical (unpaired) electrons. The fourth-order valence-electron chi connectivity index (χ4n) is 3.91. The summed E-state index contributed by atoms with van der Waals surface area (Å²) in [6, 6.07) is 18.7. The number of carbonyl (C=O) groups excluding carboxylic acids is 1. The van der Waals surface area contributed by atoms with Gasteiger partial charge in [-0.2, -0.15) is 0 Å². The molecule has 2 atom stereocenters. The molecule has 2 aromatic rings. The maximum Gasteiger partial charge on any atom is 0.228 e. The highest BCUT2D eigenvalue weighted by Crippen LogP contribution is 2.47. The minimum atomic E-state index is 0.119. The molecule has 1 amide bonds. The lowest BCUT2D eigenvalue weighted by Gasteiger charge is -2.26. The van der Waals surface area contributed by atoms with E-state index in [2.05, 4.69) is 40.5 Å². The number of likely N-dealkylation sites (tertiary alicyclic amines) is 1. The minimum Gasteiger partial charge on any atom is -0.326 e. The molecule has 130 valence electrons. The van der Waals surface area contributed by atoms with Crippen molar-refractivity contribution in [3.05, 3.63) is 65.7 Å². The number of carbonyl (C=O) groups is 1. The molecule has 1 N–H and O–H groups in total. The summed E-state index contributed by atoms with van der Waals surface area (Å²) >= 11 is 0. The maximum absolute atomic E-state index is 12.5. The highest BCUT2D eigenvalue weighted by molar-refractivity contribution is 5.95. The molecule has 3 nitrogen and oxygen atoms in total. The number of hydrogen-bond donors (Lipinski definition) is 1. The zero-order chi connectivity index (χ0) is 17.1. The van der Waals surface area contributed by atoms with Crippen LogP contribution in [0.1, 0.15) is 42.7 Å². The summed E-state index contributed by atoms with van der Waals surface area (Å²) in [6.07, 6.45) is 4.93. The van der Waals surface area contributed by atoms with Gasteiger partial charge in [-0.3, -0.25) is 9.69 Å². The molecule has 0 spiro atoms. The third kappa shape index (κ3) is 4.10. The molecular weight excluding hydrogens is 308 g/mol. The highest BCUT2D eigenvalue weighted by Gasteiger charge is 2.43. The molecule has 1 saturated carbocycles. The second-order valence-electron chi connectivity index (χ2n) is 7.39. The SMILES string of the molecule is O=C(Nc1cccc(CN2CCCCC2)c1)C1CC1c1ccccc1. The largest absolute Gasteiger partial charge is 0.326 e. The van der Waals surface area contributed by atoms with Crippen LogP contribution in [0.4, 0.5) is 5.69 Å². The lowest BCUT2D eigenvalue weighted by molar-refractivity contribution is -0.117. The third-order valence-electron chi connectivity index (χ3n) is 5.40. The normalized spacial score (nSPS) is 23.2. The lowest BCUT2D eigenvalue weighted by Crippen LogP contribution is -2.29. The van der Waals surface area contributed by atoms with E-state index in [4.69, 9.17) is 0 Å². The molecule has 3 heteroatoms. The Labute approximate surface area is 150 Å².